The Kier molecular flexibility index (Phi) is 3.14. The molecular weight excluding hydrogens is 231 g/mol. The Balaban J connectivity index is 2.30. The fourth-order valence-electron chi connectivity index (χ4n) is 1.57. The number of rotatable bonds is 3. The van der Waals surface area contributed by atoms with Crippen LogP contribution < -0.4 is 9.47 Å². The minimum absolute atomic E-state index is 0.208. The summed E-state index contributed by atoms with van der Waals surface area (Å²) in [4.78, 5) is 10.8. The van der Waals surface area contributed by atoms with Gasteiger partial charge in [0.15, 0.2) is 17.6 Å². The van der Waals surface area contributed by atoms with E-state index in [1.807, 2.05) is 0 Å². The van der Waals surface area contributed by atoms with Crippen molar-refractivity contribution >= 4 is 5.97 Å². The second-order valence-corrected chi connectivity index (χ2v) is 3.59. The van der Waals surface area contributed by atoms with Crippen molar-refractivity contribution in [3.05, 3.63) is 23.5 Å². The normalized spacial score (nSPS) is 17.9. The van der Waals surface area contributed by atoms with Gasteiger partial charge >= 0.3 is 5.97 Å². The van der Waals surface area contributed by atoms with Crippen LogP contribution in [0, 0.1) is 5.82 Å². The smallest absolute Gasteiger partial charge is 0.338 e. The molecule has 1 aliphatic rings. The van der Waals surface area contributed by atoms with Crippen LogP contribution in [0.15, 0.2) is 12.1 Å². The average Bonchev–Trinajstić information content (AvgIpc) is 2.28. The zero-order valence-electron chi connectivity index (χ0n) is 9.10. The Morgan fingerprint density at radius 2 is 2.35 bits per heavy atom. The van der Waals surface area contributed by atoms with Crippen LogP contribution in [0.4, 0.5) is 4.39 Å². The second kappa shape index (κ2) is 4.58. The van der Waals surface area contributed by atoms with E-state index in [4.69, 9.17) is 19.3 Å². The topological polar surface area (TPSA) is 65.0 Å². The summed E-state index contributed by atoms with van der Waals surface area (Å²) in [7, 11) is 1.52. The van der Waals surface area contributed by atoms with Crippen molar-refractivity contribution in [1.82, 2.24) is 0 Å². The molecule has 0 spiro atoms. The Morgan fingerprint density at radius 1 is 1.59 bits per heavy atom. The van der Waals surface area contributed by atoms with Gasteiger partial charge in [-0.3, -0.25) is 0 Å². The van der Waals surface area contributed by atoms with E-state index in [2.05, 4.69) is 0 Å². The van der Waals surface area contributed by atoms with Crippen LogP contribution in [0.25, 0.3) is 0 Å². The van der Waals surface area contributed by atoms with E-state index in [0.717, 1.165) is 12.1 Å². The molecule has 0 fully saturated rings. The van der Waals surface area contributed by atoms with E-state index in [1.165, 1.54) is 7.11 Å². The van der Waals surface area contributed by atoms with E-state index in [-0.39, 0.29) is 24.2 Å². The number of fused-ring (bicyclic) bond motifs is 1. The Morgan fingerprint density at radius 3 is 3.00 bits per heavy atom. The summed E-state index contributed by atoms with van der Waals surface area (Å²) in [5.41, 5.74) is -0.439. The molecule has 6 heteroatoms. The van der Waals surface area contributed by atoms with Crippen molar-refractivity contribution in [2.75, 3.05) is 20.3 Å². The molecule has 0 saturated heterocycles. The maximum absolute atomic E-state index is 13.3. The van der Waals surface area contributed by atoms with Crippen molar-refractivity contribution < 1.29 is 28.5 Å². The Bertz CT molecular complexity index is 446. The van der Waals surface area contributed by atoms with Crippen LogP contribution in [0.2, 0.25) is 0 Å². The number of hydrogen-bond donors (Lipinski definition) is 1. The average molecular weight is 242 g/mol. The van der Waals surface area contributed by atoms with Gasteiger partial charge in [0.25, 0.3) is 0 Å². The summed E-state index contributed by atoms with van der Waals surface area (Å²) in [6, 6.07) is 2.14. The van der Waals surface area contributed by atoms with Gasteiger partial charge < -0.3 is 19.3 Å². The van der Waals surface area contributed by atoms with Crippen molar-refractivity contribution in [3.8, 4) is 11.5 Å². The highest BCUT2D eigenvalue weighted by Gasteiger charge is 2.24. The molecule has 1 atom stereocenters. The fraction of sp³-hybridized carbons (Fsp3) is 0.364. The maximum atomic E-state index is 13.3. The second-order valence-electron chi connectivity index (χ2n) is 3.59. The van der Waals surface area contributed by atoms with Gasteiger partial charge in [-0.25, -0.2) is 9.18 Å². The van der Waals surface area contributed by atoms with Gasteiger partial charge in [0.05, 0.1) is 12.2 Å². The first-order valence-corrected chi connectivity index (χ1v) is 4.97. The number of aromatic carboxylic acids is 1. The molecule has 0 amide bonds. The number of methoxy groups -OCH3 is 1. The van der Waals surface area contributed by atoms with Gasteiger partial charge in [-0.1, -0.05) is 0 Å². The number of ether oxygens (including phenoxy) is 3. The number of hydrogen-bond acceptors (Lipinski definition) is 4. The van der Waals surface area contributed by atoms with Crippen molar-refractivity contribution in [2.45, 2.75) is 6.10 Å². The molecule has 17 heavy (non-hydrogen) atoms. The maximum Gasteiger partial charge on any atom is 0.338 e. The van der Waals surface area contributed by atoms with Gasteiger partial charge in [-0.15, -0.1) is 0 Å². The molecule has 2 rings (SSSR count). The van der Waals surface area contributed by atoms with Gasteiger partial charge in [-0.05, 0) is 0 Å². The van der Waals surface area contributed by atoms with E-state index < -0.39 is 17.3 Å². The van der Waals surface area contributed by atoms with Gasteiger partial charge in [-0.2, -0.15) is 0 Å². The Labute approximate surface area is 96.7 Å². The van der Waals surface area contributed by atoms with Crippen LogP contribution in [0.3, 0.4) is 0 Å². The van der Waals surface area contributed by atoms with Crippen molar-refractivity contribution in [2.24, 2.45) is 0 Å². The van der Waals surface area contributed by atoms with E-state index in [9.17, 15) is 9.18 Å². The number of halogens is 1. The molecular formula is C11H11FO5. The molecule has 0 aliphatic carbocycles. The number of carboxylic acid groups (broad SMARTS) is 1. The van der Waals surface area contributed by atoms with Crippen molar-refractivity contribution in [3.63, 3.8) is 0 Å². The highest BCUT2D eigenvalue weighted by atomic mass is 19.1. The highest BCUT2D eigenvalue weighted by molar-refractivity contribution is 5.88. The lowest BCUT2D eigenvalue weighted by Crippen LogP contribution is -2.33. The molecule has 5 nitrogen and oxygen atoms in total. The van der Waals surface area contributed by atoms with E-state index in [0.29, 0.717) is 6.61 Å². The zero-order valence-corrected chi connectivity index (χ0v) is 9.10. The predicted octanol–water partition coefficient (Wildman–Crippen LogP) is 1.31. The monoisotopic (exact) mass is 242 g/mol. The molecule has 0 unspecified atom stereocenters. The van der Waals surface area contributed by atoms with E-state index in [1.54, 1.807) is 0 Å². The fourth-order valence-corrected chi connectivity index (χ4v) is 1.57. The van der Waals surface area contributed by atoms with Gasteiger partial charge in [0, 0.05) is 19.2 Å². The molecule has 0 aromatic heterocycles. The lowest BCUT2D eigenvalue weighted by atomic mass is 10.1. The van der Waals surface area contributed by atoms with Crippen molar-refractivity contribution in [1.29, 1.82) is 0 Å². The third kappa shape index (κ3) is 2.31. The van der Waals surface area contributed by atoms with Crippen LogP contribution in [-0.4, -0.2) is 37.5 Å². The SMILES string of the molecule is COC[C@H]1COc2cc(F)c(C(=O)O)cc2O1. The summed E-state index contributed by atoms with van der Waals surface area (Å²) in [5, 5.41) is 8.78. The highest BCUT2D eigenvalue weighted by Crippen LogP contribution is 2.34. The van der Waals surface area contributed by atoms with Crippen LogP contribution in [-0.2, 0) is 4.74 Å². The number of carbonyl (C=O) groups is 1. The Hall–Kier alpha value is -1.82. The number of carboxylic acids is 1. The molecule has 92 valence electrons. The molecule has 1 aliphatic heterocycles. The van der Waals surface area contributed by atoms with Gasteiger partial charge in [0.2, 0.25) is 0 Å². The van der Waals surface area contributed by atoms with Gasteiger partial charge in [0.1, 0.15) is 12.4 Å². The summed E-state index contributed by atoms with van der Waals surface area (Å²) in [6.45, 7) is 0.561. The van der Waals surface area contributed by atoms with Crippen LogP contribution in [0.1, 0.15) is 10.4 Å². The predicted molar refractivity (Wildman–Crippen MR) is 55.1 cm³/mol. The van der Waals surface area contributed by atoms with Crippen LogP contribution in [0.5, 0.6) is 11.5 Å². The molecule has 0 bridgehead atoms. The quantitative estimate of drug-likeness (QED) is 0.865. The first-order chi connectivity index (χ1) is 8.11. The first-order valence-electron chi connectivity index (χ1n) is 4.97. The third-order valence-electron chi connectivity index (χ3n) is 2.33. The lowest BCUT2D eigenvalue weighted by molar-refractivity contribution is 0.0267. The number of benzene rings is 1. The standard InChI is InChI=1S/C11H11FO5/c1-15-4-6-5-16-9-3-8(12)7(11(13)14)2-10(9)17-6/h2-3,6H,4-5H2,1H3,(H,13,14)/t6-/m0/s1. The molecule has 1 aromatic carbocycles. The minimum atomic E-state index is -1.34. The lowest BCUT2D eigenvalue weighted by Gasteiger charge is -2.26. The largest absolute Gasteiger partial charge is 0.486 e. The summed E-state index contributed by atoms with van der Waals surface area (Å²) in [6.07, 6.45) is -0.320. The zero-order chi connectivity index (χ0) is 12.4. The molecule has 0 radical (unpaired) electrons. The first kappa shape index (κ1) is 11.7. The van der Waals surface area contributed by atoms with Crippen LogP contribution >= 0.6 is 0 Å². The van der Waals surface area contributed by atoms with E-state index >= 15 is 0 Å². The summed E-state index contributed by atoms with van der Waals surface area (Å²) >= 11 is 0. The minimum Gasteiger partial charge on any atom is -0.486 e. The molecule has 0 saturated carbocycles. The third-order valence-corrected chi connectivity index (χ3v) is 2.33. The summed E-state index contributed by atoms with van der Waals surface area (Å²) in [5.74, 6) is -1.76. The summed E-state index contributed by atoms with van der Waals surface area (Å²) < 4.78 is 28.9. The molecule has 1 N–H and O–H groups in total. The molecule has 1 aromatic rings. The molecule has 1 heterocycles.